The van der Waals surface area contributed by atoms with Gasteiger partial charge < -0.3 is 10.2 Å². The van der Waals surface area contributed by atoms with Gasteiger partial charge in [-0.05, 0) is 74.2 Å². The summed E-state index contributed by atoms with van der Waals surface area (Å²) in [6.07, 6.45) is 1.15. The smallest absolute Gasteiger partial charge is 0.264 e. The first kappa shape index (κ1) is 30.2. The van der Waals surface area contributed by atoms with Gasteiger partial charge in [0, 0.05) is 17.6 Å². The van der Waals surface area contributed by atoms with Crippen molar-refractivity contribution >= 4 is 39.1 Å². The number of aryl methyl sites for hydroxylation is 1. The number of benzene rings is 3. The number of hydrogen-bond donors (Lipinski definition) is 1. The van der Waals surface area contributed by atoms with Gasteiger partial charge in [-0.2, -0.15) is 0 Å². The van der Waals surface area contributed by atoms with Crippen LogP contribution in [0.4, 0.5) is 5.69 Å². The maximum atomic E-state index is 14.0. The van der Waals surface area contributed by atoms with Crippen molar-refractivity contribution in [2.45, 2.75) is 64.1 Å². The first-order valence-corrected chi connectivity index (χ1v) is 14.9. The Morgan fingerprint density at radius 1 is 0.872 bits per heavy atom. The fourth-order valence-electron chi connectivity index (χ4n) is 4.23. The van der Waals surface area contributed by atoms with Crippen molar-refractivity contribution in [3.05, 3.63) is 95.0 Å². The van der Waals surface area contributed by atoms with Gasteiger partial charge in [-0.1, -0.05) is 67.9 Å². The summed E-state index contributed by atoms with van der Waals surface area (Å²) in [5.41, 5.74) is 2.19. The number of nitrogens with one attached hydrogen (secondary N) is 1. The zero-order valence-electron chi connectivity index (χ0n) is 22.8. The molecule has 0 fully saturated rings. The molecule has 0 aliphatic heterocycles. The molecular formula is C30H36ClN3O4S. The summed E-state index contributed by atoms with van der Waals surface area (Å²) in [5.74, 6) is -0.783. The lowest BCUT2D eigenvalue weighted by molar-refractivity contribution is -0.140. The van der Waals surface area contributed by atoms with Crippen LogP contribution in [0.5, 0.6) is 0 Å². The molecule has 0 spiro atoms. The Hall–Kier alpha value is -3.36. The van der Waals surface area contributed by atoms with Gasteiger partial charge in [-0.3, -0.25) is 13.9 Å². The van der Waals surface area contributed by atoms with Crippen LogP contribution in [-0.4, -0.2) is 43.8 Å². The topological polar surface area (TPSA) is 86.8 Å². The van der Waals surface area contributed by atoms with E-state index in [2.05, 4.69) is 5.32 Å². The second-order valence-electron chi connectivity index (χ2n) is 9.58. The number of carbonyl (C=O) groups excluding carboxylic acids is 2. The molecule has 0 aromatic heterocycles. The van der Waals surface area contributed by atoms with Crippen molar-refractivity contribution < 1.29 is 18.0 Å². The number of carbonyl (C=O) groups is 2. The molecule has 0 heterocycles. The van der Waals surface area contributed by atoms with Crippen LogP contribution in [0, 0.1) is 0 Å². The van der Waals surface area contributed by atoms with Crippen LogP contribution in [0.2, 0.25) is 5.02 Å². The van der Waals surface area contributed by atoms with Gasteiger partial charge in [0.1, 0.15) is 12.6 Å². The minimum absolute atomic E-state index is 0.0752. The van der Waals surface area contributed by atoms with E-state index in [1.165, 1.54) is 17.0 Å². The third kappa shape index (κ3) is 7.83. The van der Waals surface area contributed by atoms with Gasteiger partial charge >= 0.3 is 0 Å². The van der Waals surface area contributed by atoms with Crippen molar-refractivity contribution in [2.24, 2.45) is 0 Å². The molecule has 2 amide bonds. The van der Waals surface area contributed by atoms with Crippen molar-refractivity contribution in [3.8, 4) is 0 Å². The molecule has 0 saturated heterocycles. The highest BCUT2D eigenvalue weighted by Crippen LogP contribution is 2.25. The summed E-state index contributed by atoms with van der Waals surface area (Å²) >= 11 is 6.06. The lowest BCUT2D eigenvalue weighted by atomic mass is 10.1. The van der Waals surface area contributed by atoms with E-state index < -0.39 is 28.5 Å². The van der Waals surface area contributed by atoms with E-state index in [0.29, 0.717) is 17.1 Å². The Kier molecular flexibility index (Phi) is 10.5. The van der Waals surface area contributed by atoms with Gasteiger partial charge in [-0.25, -0.2) is 8.42 Å². The first-order valence-electron chi connectivity index (χ1n) is 13.1. The van der Waals surface area contributed by atoms with Crippen molar-refractivity contribution in [3.63, 3.8) is 0 Å². The molecule has 7 nitrogen and oxygen atoms in total. The van der Waals surface area contributed by atoms with Crippen LogP contribution >= 0.6 is 11.6 Å². The number of halogens is 1. The van der Waals surface area contributed by atoms with Gasteiger partial charge in [0.25, 0.3) is 10.0 Å². The summed E-state index contributed by atoms with van der Waals surface area (Å²) < 4.78 is 28.8. The minimum Gasteiger partial charge on any atom is -0.352 e. The molecular weight excluding hydrogens is 534 g/mol. The molecule has 9 heteroatoms. The van der Waals surface area contributed by atoms with E-state index in [9.17, 15) is 18.0 Å². The predicted molar refractivity (Wildman–Crippen MR) is 156 cm³/mol. The van der Waals surface area contributed by atoms with Crippen LogP contribution in [0.25, 0.3) is 0 Å². The minimum atomic E-state index is -4.08. The van der Waals surface area contributed by atoms with E-state index in [1.807, 2.05) is 39.8 Å². The van der Waals surface area contributed by atoms with Crippen LogP contribution in [-0.2, 0) is 32.6 Å². The molecule has 0 saturated carbocycles. The number of sulfonamides is 1. The fraction of sp³-hybridized carbons (Fsp3) is 0.333. The van der Waals surface area contributed by atoms with Gasteiger partial charge in [-0.15, -0.1) is 0 Å². The lowest BCUT2D eigenvalue weighted by Gasteiger charge is -2.33. The summed E-state index contributed by atoms with van der Waals surface area (Å²) in [4.78, 5) is 28.7. The number of nitrogens with zero attached hydrogens (tertiary/aromatic N) is 2. The van der Waals surface area contributed by atoms with Crippen LogP contribution in [0.1, 0.15) is 45.2 Å². The SMILES string of the molecule is CCc1ccc(N(CC(=O)N(Cc2ccc(Cl)cc2)[C@H](CC)C(=O)NC(C)C)S(=O)(=O)c2ccccc2)cc1. The van der Waals surface area contributed by atoms with E-state index >= 15 is 0 Å². The zero-order chi connectivity index (χ0) is 28.6. The number of rotatable bonds is 12. The molecule has 208 valence electrons. The maximum absolute atomic E-state index is 14.0. The van der Waals surface area contributed by atoms with Crippen LogP contribution in [0.15, 0.2) is 83.8 Å². The highest BCUT2D eigenvalue weighted by atomic mass is 35.5. The van der Waals surface area contributed by atoms with E-state index in [1.54, 1.807) is 54.6 Å². The summed E-state index contributed by atoms with van der Waals surface area (Å²) in [7, 11) is -4.08. The summed E-state index contributed by atoms with van der Waals surface area (Å²) in [5, 5.41) is 3.44. The Labute approximate surface area is 236 Å². The fourth-order valence-corrected chi connectivity index (χ4v) is 5.79. The Morgan fingerprint density at radius 3 is 2.00 bits per heavy atom. The first-order chi connectivity index (χ1) is 18.6. The Bertz CT molecular complexity index is 1350. The molecule has 0 radical (unpaired) electrons. The molecule has 0 unspecified atom stereocenters. The summed E-state index contributed by atoms with van der Waals surface area (Å²) in [6.45, 7) is 7.19. The van der Waals surface area contributed by atoms with Gasteiger partial charge in [0.15, 0.2) is 0 Å². The van der Waals surface area contributed by atoms with E-state index in [4.69, 9.17) is 11.6 Å². The van der Waals surface area contributed by atoms with Gasteiger partial charge in [0.05, 0.1) is 10.6 Å². The van der Waals surface area contributed by atoms with Crippen LogP contribution < -0.4 is 9.62 Å². The second kappa shape index (κ2) is 13.6. The quantitative estimate of drug-likeness (QED) is 0.315. The molecule has 0 aliphatic carbocycles. The lowest BCUT2D eigenvalue weighted by Crippen LogP contribution is -2.53. The summed E-state index contributed by atoms with van der Waals surface area (Å²) in [6, 6.07) is 21.2. The molecule has 39 heavy (non-hydrogen) atoms. The maximum Gasteiger partial charge on any atom is 0.264 e. The number of hydrogen-bond acceptors (Lipinski definition) is 4. The predicted octanol–water partition coefficient (Wildman–Crippen LogP) is 5.43. The van der Waals surface area contributed by atoms with E-state index in [-0.39, 0.29) is 23.4 Å². The van der Waals surface area contributed by atoms with Crippen molar-refractivity contribution in [1.82, 2.24) is 10.2 Å². The van der Waals surface area contributed by atoms with Gasteiger partial charge in [0.2, 0.25) is 11.8 Å². The van der Waals surface area contributed by atoms with Crippen molar-refractivity contribution in [2.75, 3.05) is 10.8 Å². The molecule has 1 N–H and O–H groups in total. The largest absolute Gasteiger partial charge is 0.352 e. The van der Waals surface area contributed by atoms with E-state index in [0.717, 1.165) is 21.9 Å². The molecule has 1 atom stereocenters. The zero-order valence-corrected chi connectivity index (χ0v) is 24.4. The molecule has 3 rings (SSSR count). The molecule has 0 bridgehead atoms. The Balaban J connectivity index is 2.05. The highest BCUT2D eigenvalue weighted by Gasteiger charge is 2.33. The number of anilines is 1. The van der Waals surface area contributed by atoms with Crippen molar-refractivity contribution in [1.29, 1.82) is 0 Å². The third-order valence-electron chi connectivity index (χ3n) is 6.33. The third-order valence-corrected chi connectivity index (χ3v) is 8.37. The average Bonchev–Trinajstić information content (AvgIpc) is 2.92. The standard InChI is InChI=1S/C30H36ClN3O4S/c1-5-23-14-18-26(19-15-23)34(39(37,38)27-10-8-7-9-11-27)21-29(35)33(20-24-12-16-25(31)17-13-24)28(6-2)30(36)32-22(3)4/h7-19,22,28H,5-6,20-21H2,1-4H3,(H,32,36)/t28-/m1/s1. The normalized spacial score (nSPS) is 12.2. The molecule has 3 aromatic carbocycles. The second-order valence-corrected chi connectivity index (χ2v) is 11.9. The average molecular weight is 570 g/mol. The number of amides is 2. The molecule has 0 aliphatic rings. The monoisotopic (exact) mass is 569 g/mol. The van der Waals surface area contributed by atoms with Crippen LogP contribution in [0.3, 0.4) is 0 Å². The molecule has 3 aromatic rings. The Morgan fingerprint density at radius 2 is 1.46 bits per heavy atom. The highest BCUT2D eigenvalue weighted by molar-refractivity contribution is 7.92.